The third-order valence-electron chi connectivity index (χ3n) is 4.65. The fourth-order valence-corrected chi connectivity index (χ4v) is 3.01. The summed E-state index contributed by atoms with van der Waals surface area (Å²) in [6, 6.07) is 7.04. The number of ether oxygens (including phenoxy) is 1. The third-order valence-corrected chi connectivity index (χ3v) is 4.65. The molecule has 24 heavy (non-hydrogen) atoms. The predicted molar refractivity (Wildman–Crippen MR) is 87.9 cm³/mol. The number of carbonyl (C=O) groups excluding carboxylic acids is 1. The largest absolute Gasteiger partial charge is 0.490 e. The fourth-order valence-electron chi connectivity index (χ4n) is 3.01. The highest BCUT2D eigenvalue weighted by Gasteiger charge is 2.51. The predicted octanol–water partition coefficient (Wildman–Crippen LogP) is 3.26. The molecule has 1 heterocycles. The van der Waals surface area contributed by atoms with E-state index in [0.717, 1.165) is 11.8 Å². The standard InChI is InChI=1S/C18H21NO5/c1-3-23-13-7-4-6-12-10-14(24-15(12)13)11(2)19-16(20)18(17(21)22)8-5-9-18/h4,6-7,10-11H,3,5,8-9H2,1-2H3,(H,19,20)(H,21,22). The number of hydrogen-bond donors (Lipinski definition) is 2. The van der Waals surface area contributed by atoms with Gasteiger partial charge >= 0.3 is 5.97 Å². The smallest absolute Gasteiger partial charge is 0.319 e. The van der Waals surface area contributed by atoms with Gasteiger partial charge in [0.15, 0.2) is 11.3 Å². The molecular formula is C18H21NO5. The van der Waals surface area contributed by atoms with E-state index in [-0.39, 0.29) is 0 Å². The molecule has 2 aromatic rings. The van der Waals surface area contributed by atoms with Crippen molar-refractivity contribution in [1.29, 1.82) is 0 Å². The molecule has 6 heteroatoms. The van der Waals surface area contributed by atoms with Crippen LogP contribution in [0.25, 0.3) is 11.0 Å². The molecule has 1 aromatic heterocycles. The molecule has 1 saturated carbocycles. The van der Waals surface area contributed by atoms with Gasteiger partial charge in [0.2, 0.25) is 5.91 Å². The van der Waals surface area contributed by atoms with E-state index in [1.54, 1.807) is 6.92 Å². The minimum absolute atomic E-state index is 0.384. The minimum Gasteiger partial charge on any atom is -0.490 e. The van der Waals surface area contributed by atoms with Gasteiger partial charge in [0.1, 0.15) is 11.2 Å². The van der Waals surface area contributed by atoms with Crippen LogP contribution in [0.3, 0.4) is 0 Å². The molecule has 1 aliphatic rings. The maximum Gasteiger partial charge on any atom is 0.319 e. The lowest BCUT2D eigenvalue weighted by atomic mass is 9.68. The van der Waals surface area contributed by atoms with E-state index >= 15 is 0 Å². The van der Waals surface area contributed by atoms with Crippen molar-refractivity contribution in [2.24, 2.45) is 5.41 Å². The summed E-state index contributed by atoms with van der Waals surface area (Å²) < 4.78 is 11.4. The number of amides is 1. The zero-order valence-corrected chi connectivity index (χ0v) is 13.8. The highest BCUT2D eigenvalue weighted by Crippen LogP contribution is 2.42. The Labute approximate surface area is 139 Å². The van der Waals surface area contributed by atoms with Crippen LogP contribution in [0.5, 0.6) is 5.75 Å². The first-order valence-corrected chi connectivity index (χ1v) is 8.17. The summed E-state index contributed by atoms with van der Waals surface area (Å²) in [6.45, 7) is 4.21. The molecule has 1 atom stereocenters. The van der Waals surface area contributed by atoms with E-state index in [2.05, 4.69) is 5.32 Å². The van der Waals surface area contributed by atoms with E-state index in [4.69, 9.17) is 9.15 Å². The molecule has 6 nitrogen and oxygen atoms in total. The van der Waals surface area contributed by atoms with Crippen LogP contribution in [0.2, 0.25) is 0 Å². The van der Waals surface area contributed by atoms with Gasteiger partial charge in [-0.1, -0.05) is 18.6 Å². The number of aliphatic carboxylic acids is 1. The Morgan fingerprint density at radius 1 is 1.42 bits per heavy atom. The van der Waals surface area contributed by atoms with Crippen LogP contribution in [0.4, 0.5) is 0 Å². The molecule has 1 amide bonds. The van der Waals surface area contributed by atoms with Crippen molar-refractivity contribution in [1.82, 2.24) is 5.32 Å². The summed E-state index contributed by atoms with van der Waals surface area (Å²) in [5.74, 6) is -0.271. The molecule has 0 saturated heterocycles. The van der Waals surface area contributed by atoms with Crippen molar-refractivity contribution in [2.75, 3.05) is 6.61 Å². The number of nitrogens with one attached hydrogen (secondary N) is 1. The first kappa shape index (κ1) is 16.4. The Kier molecular flexibility index (Phi) is 4.22. The number of carbonyl (C=O) groups is 2. The maximum absolute atomic E-state index is 12.4. The first-order valence-electron chi connectivity index (χ1n) is 8.17. The number of para-hydroxylation sites is 1. The highest BCUT2D eigenvalue weighted by atomic mass is 16.5. The summed E-state index contributed by atoms with van der Waals surface area (Å²) in [6.07, 6.45) is 1.53. The lowest BCUT2D eigenvalue weighted by Gasteiger charge is -2.36. The van der Waals surface area contributed by atoms with Crippen molar-refractivity contribution in [3.63, 3.8) is 0 Å². The van der Waals surface area contributed by atoms with Gasteiger partial charge in [-0.05, 0) is 38.8 Å². The molecule has 2 N–H and O–H groups in total. The summed E-state index contributed by atoms with van der Waals surface area (Å²) >= 11 is 0. The molecule has 0 radical (unpaired) electrons. The Morgan fingerprint density at radius 3 is 2.75 bits per heavy atom. The molecule has 3 rings (SSSR count). The lowest BCUT2D eigenvalue weighted by Crippen LogP contribution is -2.51. The Balaban J connectivity index is 1.81. The van der Waals surface area contributed by atoms with Gasteiger partial charge in [-0.3, -0.25) is 9.59 Å². The number of furan rings is 1. The Morgan fingerprint density at radius 2 is 2.17 bits per heavy atom. The number of benzene rings is 1. The molecule has 1 unspecified atom stereocenters. The number of rotatable bonds is 6. The molecule has 1 aromatic carbocycles. The monoisotopic (exact) mass is 331 g/mol. The van der Waals surface area contributed by atoms with Gasteiger partial charge in [0, 0.05) is 5.39 Å². The van der Waals surface area contributed by atoms with Crippen LogP contribution < -0.4 is 10.1 Å². The zero-order valence-electron chi connectivity index (χ0n) is 13.8. The quantitative estimate of drug-likeness (QED) is 0.793. The van der Waals surface area contributed by atoms with Crippen molar-refractivity contribution < 1.29 is 23.8 Å². The lowest BCUT2D eigenvalue weighted by molar-refractivity contribution is -0.162. The Bertz CT molecular complexity index is 775. The summed E-state index contributed by atoms with van der Waals surface area (Å²) in [7, 11) is 0. The molecule has 128 valence electrons. The van der Waals surface area contributed by atoms with Crippen LogP contribution in [-0.4, -0.2) is 23.6 Å². The second kappa shape index (κ2) is 6.19. The van der Waals surface area contributed by atoms with Crippen LogP contribution in [0.1, 0.15) is 44.9 Å². The van der Waals surface area contributed by atoms with Crippen LogP contribution >= 0.6 is 0 Å². The van der Waals surface area contributed by atoms with Gasteiger partial charge in [0.05, 0.1) is 12.6 Å². The number of fused-ring (bicyclic) bond motifs is 1. The molecule has 0 bridgehead atoms. The Hall–Kier alpha value is -2.50. The molecule has 1 fully saturated rings. The van der Waals surface area contributed by atoms with Crippen LogP contribution in [0.15, 0.2) is 28.7 Å². The topological polar surface area (TPSA) is 88.8 Å². The normalized spacial score (nSPS) is 17.1. The van der Waals surface area contributed by atoms with Crippen molar-refractivity contribution in [3.05, 3.63) is 30.0 Å². The minimum atomic E-state index is -1.28. The zero-order chi connectivity index (χ0) is 17.3. The molecular weight excluding hydrogens is 310 g/mol. The van der Waals surface area contributed by atoms with Crippen molar-refractivity contribution in [2.45, 2.75) is 39.2 Å². The number of carboxylic acids is 1. The number of hydrogen-bond acceptors (Lipinski definition) is 4. The number of carboxylic acid groups (broad SMARTS) is 1. The first-order chi connectivity index (χ1) is 11.5. The van der Waals surface area contributed by atoms with Crippen LogP contribution in [-0.2, 0) is 9.59 Å². The molecule has 0 aliphatic heterocycles. The van der Waals surface area contributed by atoms with Gasteiger partial charge < -0.3 is 19.6 Å². The van der Waals surface area contributed by atoms with E-state index in [1.165, 1.54) is 0 Å². The summed E-state index contributed by atoms with van der Waals surface area (Å²) in [5.41, 5.74) is -0.649. The van der Waals surface area contributed by atoms with Crippen molar-refractivity contribution in [3.8, 4) is 5.75 Å². The second-order valence-corrected chi connectivity index (χ2v) is 6.19. The van der Waals surface area contributed by atoms with Gasteiger partial charge in [0.25, 0.3) is 0 Å². The highest BCUT2D eigenvalue weighted by molar-refractivity contribution is 6.03. The fraction of sp³-hybridized carbons (Fsp3) is 0.444. The van der Waals surface area contributed by atoms with E-state index in [9.17, 15) is 14.7 Å². The van der Waals surface area contributed by atoms with Gasteiger partial charge in [-0.2, -0.15) is 0 Å². The van der Waals surface area contributed by atoms with Crippen LogP contribution in [0, 0.1) is 5.41 Å². The van der Waals surface area contributed by atoms with E-state index < -0.39 is 23.3 Å². The van der Waals surface area contributed by atoms with E-state index in [0.29, 0.717) is 36.5 Å². The average Bonchev–Trinajstić information content (AvgIpc) is 2.91. The summed E-state index contributed by atoms with van der Waals surface area (Å²) in [4.78, 5) is 23.8. The van der Waals surface area contributed by atoms with Crippen molar-refractivity contribution >= 4 is 22.8 Å². The molecule has 0 spiro atoms. The van der Waals surface area contributed by atoms with Gasteiger partial charge in [-0.25, -0.2) is 0 Å². The van der Waals surface area contributed by atoms with Gasteiger partial charge in [-0.15, -0.1) is 0 Å². The maximum atomic E-state index is 12.4. The third kappa shape index (κ3) is 2.62. The van der Waals surface area contributed by atoms with E-state index in [1.807, 2.05) is 31.2 Å². The second-order valence-electron chi connectivity index (χ2n) is 6.19. The summed E-state index contributed by atoms with van der Waals surface area (Å²) in [5, 5.41) is 13.0. The molecule has 1 aliphatic carbocycles. The average molecular weight is 331 g/mol. The SMILES string of the molecule is CCOc1cccc2cc(C(C)NC(=O)C3(C(=O)O)CCC3)oc12.